The Morgan fingerprint density at radius 3 is 2.26 bits per heavy atom. The van der Waals surface area contributed by atoms with Gasteiger partial charge in [-0.1, -0.05) is 29.5 Å². The number of amides is 1. The Balaban J connectivity index is 0.00000161. The van der Waals surface area contributed by atoms with E-state index in [4.69, 9.17) is 0 Å². The quantitative estimate of drug-likeness (QED) is 0.242. The molecule has 16 heteroatoms. The lowest BCUT2D eigenvalue weighted by Gasteiger charge is -2.19. The van der Waals surface area contributed by atoms with Crippen LogP contribution in [0.5, 0.6) is 0 Å². The summed E-state index contributed by atoms with van der Waals surface area (Å²) in [5.74, 6) is -1.02. The van der Waals surface area contributed by atoms with Gasteiger partial charge in [0.1, 0.15) is 17.1 Å². The fourth-order valence-electron chi connectivity index (χ4n) is 2.83. The molecule has 11 nitrogen and oxygen atoms in total. The van der Waals surface area contributed by atoms with Crippen molar-refractivity contribution in [2.45, 2.75) is 19.6 Å². The van der Waals surface area contributed by atoms with Crippen LogP contribution >= 0.6 is 22.6 Å². The van der Waals surface area contributed by atoms with Gasteiger partial charge in [0.05, 0.1) is 12.8 Å². The minimum absolute atomic E-state index is 0.0420. The summed E-state index contributed by atoms with van der Waals surface area (Å²) >= 11 is 2.29. The number of sulfonamides is 1. The Bertz CT molecular complexity index is 1340. The fourth-order valence-corrected chi connectivity index (χ4v) is 3.30. The number of aromatic nitrogens is 4. The number of nitrogens with one attached hydrogen (secondary N) is 3. The summed E-state index contributed by atoms with van der Waals surface area (Å²) in [4.78, 5) is 27.3. The molecule has 0 saturated heterocycles. The average molecular weight is 666 g/mol. The van der Waals surface area contributed by atoms with E-state index < -0.39 is 27.6 Å². The Kier molecular flexibility index (Phi) is 11.0. The Morgan fingerprint density at radius 1 is 1.11 bits per heavy atom. The molecule has 3 aromatic rings. The van der Waals surface area contributed by atoms with E-state index in [2.05, 4.69) is 65.4 Å². The van der Waals surface area contributed by atoms with Crippen molar-refractivity contribution in [3.05, 3.63) is 59.7 Å². The zero-order chi connectivity index (χ0) is 28.5. The SMILES string of the molecule is CCI.CNC(=O)c1ccc(Nc2ncc(C(F)(F)F)c(NCc3nccnc3N(C)S(C)(=O)=O)n2)cc1. The van der Waals surface area contributed by atoms with Crippen molar-refractivity contribution in [3.8, 4) is 0 Å². The number of carbonyl (C=O) groups is 1. The maximum Gasteiger partial charge on any atom is 0.421 e. The lowest BCUT2D eigenvalue weighted by Crippen LogP contribution is -2.27. The van der Waals surface area contributed by atoms with Gasteiger partial charge in [-0.25, -0.2) is 18.4 Å². The molecule has 0 radical (unpaired) electrons. The molecule has 2 aromatic heterocycles. The van der Waals surface area contributed by atoms with E-state index in [1.807, 2.05) is 0 Å². The second-order valence-electron chi connectivity index (χ2n) is 7.41. The van der Waals surface area contributed by atoms with E-state index >= 15 is 0 Å². The van der Waals surface area contributed by atoms with Gasteiger partial charge in [0.15, 0.2) is 5.82 Å². The van der Waals surface area contributed by atoms with E-state index in [-0.39, 0.29) is 29.9 Å². The summed E-state index contributed by atoms with van der Waals surface area (Å²) in [5.41, 5.74) is -0.201. The van der Waals surface area contributed by atoms with Crippen LogP contribution in [0.1, 0.15) is 28.5 Å². The summed E-state index contributed by atoms with van der Waals surface area (Å²) in [5, 5.41) is 7.81. The topological polar surface area (TPSA) is 142 Å². The number of rotatable bonds is 8. The van der Waals surface area contributed by atoms with E-state index in [0.717, 1.165) is 10.6 Å². The third-order valence-corrected chi connectivity index (χ3v) is 5.86. The number of benzene rings is 1. The zero-order valence-electron chi connectivity index (χ0n) is 20.8. The largest absolute Gasteiger partial charge is 0.421 e. The van der Waals surface area contributed by atoms with Crippen LogP contribution in [0.3, 0.4) is 0 Å². The van der Waals surface area contributed by atoms with Crippen molar-refractivity contribution >= 4 is 61.8 Å². The molecule has 3 N–H and O–H groups in total. The maximum absolute atomic E-state index is 13.6. The van der Waals surface area contributed by atoms with Crippen LogP contribution < -0.4 is 20.3 Å². The first-order chi connectivity index (χ1) is 17.8. The van der Waals surface area contributed by atoms with Crippen LogP contribution in [0.25, 0.3) is 0 Å². The molecule has 0 unspecified atom stereocenters. The monoisotopic (exact) mass is 666 g/mol. The lowest BCUT2D eigenvalue weighted by atomic mass is 10.2. The molecule has 0 aliphatic heterocycles. The molecule has 206 valence electrons. The normalized spacial score (nSPS) is 11.2. The highest BCUT2D eigenvalue weighted by Crippen LogP contribution is 2.34. The molecule has 3 rings (SSSR count). The highest BCUT2D eigenvalue weighted by atomic mass is 127. The van der Waals surface area contributed by atoms with Crippen LogP contribution in [0, 0.1) is 0 Å². The summed E-state index contributed by atoms with van der Waals surface area (Å²) in [6, 6.07) is 6.15. The molecule has 0 spiro atoms. The van der Waals surface area contributed by atoms with Crippen molar-refractivity contribution in [2.75, 3.05) is 39.7 Å². The van der Waals surface area contributed by atoms with Crippen molar-refractivity contribution in [1.82, 2.24) is 25.3 Å². The van der Waals surface area contributed by atoms with Crippen LogP contribution in [0.2, 0.25) is 0 Å². The summed E-state index contributed by atoms with van der Waals surface area (Å²) < 4.78 is 66.5. The number of halogens is 4. The van der Waals surface area contributed by atoms with E-state index in [0.29, 0.717) is 17.4 Å². The molecular weight excluding hydrogens is 640 g/mol. The molecule has 0 aliphatic carbocycles. The first-order valence-electron chi connectivity index (χ1n) is 10.9. The van der Waals surface area contributed by atoms with Crippen LogP contribution in [0.4, 0.5) is 36.4 Å². The van der Waals surface area contributed by atoms with Crippen molar-refractivity contribution < 1.29 is 26.4 Å². The molecule has 0 atom stereocenters. The lowest BCUT2D eigenvalue weighted by molar-refractivity contribution is -0.137. The van der Waals surface area contributed by atoms with Gasteiger partial charge in [-0.05, 0) is 28.7 Å². The average Bonchev–Trinajstić information content (AvgIpc) is 2.86. The Hall–Kier alpha value is -3.28. The van der Waals surface area contributed by atoms with Gasteiger partial charge >= 0.3 is 6.18 Å². The minimum atomic E-state index is -4.76. The van der Waals surface area contributed by atoms with Gasteiger partial charge in [-0.3, -0.25) is 14.1 Å². The van der Waals surface area contributed by atoms with E-state index in [1.54, 1.807) is 12.1 Å². The zero-order valence-corrected chi connectivity index (χ0v) is 23.8. The maximum atomic E-state index is 13.6. The number of nitrogens with zero attached hydrogens (tertiary/aromatic N) is 5. The predicted molar refractivity (Wildman–Crippen MR) is 147 cm³/mol. The Labute approximate surface area is 231 Å². The van der Waals surface area contributed by atoms with E-state index in [1.165, 1.54) is 43.0 Å². The highest BCUT2D eigenvalue weighted by molar-refractivity contribution is 14.1. The summed E-state index contributed by atoms with van der Waals surface area (Å²) in [7, 11) is -0.938. The molecule has 0 fully saturated rings. The molecule has 1 aromatic carbocycles. The molecule has 0 bridgehead atoms. The molecule has 1 amide bonds. The summed E-state index contributed by atoms with van der Waals surface area (Å²) in [6.07, 6.45) is -0.619. The number of alkyl halides is 4. The molecule has 2 heterocycles. The van der Waals surface area contributed by atoms with Crippen LogP contribution in [0.15, 0.2) is 42.9 Å². The first-order valence-corrected chi connectivity index (χ1v) is 14.3. The molecule has 0 aliphatic rings. The van der Waals surface area contributed by atoms with Gasteiger partial charge in [0.2, 0.25) is 16.0 Å². The molecule has 38 heavy (non-hydrogen) atoms. The van der Waals surface area contributed by atoms with Crippen molar-refractivity contribution in [2.24, 2.45) is 0 Å². The second-order valence-corrected chi connectivity index (χ2v) is 11.0. The third-order valence-electron chi connectivity index (χ3n) is 4.70. The summed E-state index contributed by atoms with van der Waals surface area (Å²) in [6.45, 7) is 1.81. The number of carbonyl (C=O) groups excluding carboxylic acids is 1. The van der Waals surface area contributed by atoms with Crippen LogP contribution in [-0.4, -0.2) is 59.0 Å². The number of anilines is 4. The fraction of sp³-hybridized carbons (Fsp3) is 0.318. The molecule has 0 saturated carbocycles. The molecular formula is C22H26F3IN8O3S. The van der Waals surface area contributed by atoms with Crippen LogP contribution in [-0.2, 0) is 22.7 Å². The number of hydrogen-bond acceptors (Lipinski definition) is 9. The van der Waals surface area contributed by atoms with Crippen molar-refractivity contribution in [1.29, 1.82) is 0 Å². The van der Waals surface area contributed by atoms with Gasteiger partial charge in [0, 0.05) is 43.9 Å². The minimum Gasteiger partial charge on any atom is -0.364 e. The van der Waals surface area contributed by atoms with Gasteiger partial charge in [-0.15, -0.1) is 0 Å². The first kappa shape index (κ1) is 30.9. The van der Waals surface area contributed by atoms with Gasteiger partial charge < -0.3 is 16.0 Å². The second kappa shape index (κ2) is 13.5. The highest BCUT2D eigenvalue weighted by Gasteiger charge is 2.35. The Morgan fingerprint density at radius 2 is 1.71 bits per heavy atom. The predicted octanol–water partition coefficient (Wildman–Crippen LogP) is 3.84. The third kappa shape index (κ3) is 8.64. The van der Waals surface area contributed by atoms with Gasteiger partial charge in [0.25, 0.3) is 5.91 Å². The number of hydrogen-bond donors (Lipinski definition) is 3. The van der Waals surface area contributed by atoms with E-state index in [9.17, 15) is 26.4 Å². The van der Waals surface area contributed by atoms with Crippen molar-refractivity contribution in [3.63, 3.8) is 0 Å². The smallest absolute Gasteiger partial charge is 0.364 e. The van der Waals surface area contributed by atoms with Gasteiger partial charge in [-0.2, -0.15) is 18.2 Å². The standard InChI is InChI=1S/C20H21F3N8O3S.C2H5I/c1-24-18(32)12-4-6-13(7-5-12)29-19-28-10-14(20(21,22)23)16(30-19)27-11-15-17(26-9-8-25-15)31(2)35(3,33)34;1-2-3/h4-10H,11H2,1-3H3,(H,24,32)(H2,27,28,29,30);2H2,1H3.